The molecule has 3 aromatic rings. The maximum Gasteiger partial charge on any atom is 0.0442 e. The molecule has 1 unspecified atom stereocenters. The summed E-state index contributed by atoms with van der Waals surface area (Å²) in [7, 11) is 0. The Morgan fingerprint density at radius 2 is 1.24 bits per heavy atom. The van der Waals surface area contributed by atoms with E-state index in [1.807, 2.05) is 42.5 Å². The van der Waals surface area contributed by atoms with Crippen LogP contribution in [-0.2, 0) is 0 Å². The van der Waals surface area contributed by atoms with Crippen LogP contribution < -0.4 is 0 Å². The summed E-state index contributed by atoms with van der Waals surface area (Å²) in [4.78, 5) is 0. The summed E-state index contributed by atoms with van der Waals surface area (Å²) >= 11 is 0. The highest BCUT2D eigenvalue weighted by Crippen LogP contribution is 2.32. The zero-order valence-corrected chi connectivity index (χ0v) is 11.7. The van der Waals surface area contributed by atoms with E-state index in [2.05, 4.69) is 42.5 Å². The van der Waals surface area contributed by atoms with Crippen LogP contribution in [0.3, 0.4) is 0 Å². The van der Waals surface area contributed by atoms with Crippen molar-refractivity contribution in [1.29, 1.82) is 5.41 Å². The largest absolute Gasteiger partial charge is 0.312 e. The summed E-state index contributed by atoms with van der Waals surface area (Å²) in [5, 5.41) is 7.87. The van der Waals surface area contributed by atoms with E-state index in [9.17, 15) is 0 Å². The molecular weight excluding hydrogens is 254 g/mol. The number of hydrogen-bond acceptors (Lipinski definition) is 1. The number of nitrogens with one attached hydrogen (secondary N) is 1. The Labute approximate surface area is 125 Å². The highest BCUT2D eigenvalue weighted by Gasteiger charge is 2.15. The van der Waals surface area contributed by atoms with Crippen molar-refractivity contribution in [3.8, 4) is 11.1 Å². The Kier molecular flexibility index (Phi) is 3.92. The van der Waals surface area contributed by atoms with Crippen molar-refractivity contribution < 1.29 is 0 Å². The van der Waals surface area contributed by atoms with E-state index >= 15 is 0 Å². The maximum atomic E-state index is 7.87. The van der Waals surface area contributed by atoms with Gasteiger partial charge in [-0.1, -0.05) is 84.9 Å². The van der Waals surface area contributed by atoms with Crippen molar-refractivity contribution >= 4 is 6.21 Å². The summed E-state index contributed by atoms with van der Waals surface area (Å²) in [6, 6.07) is 28.9. The van der Waals surface area contributed by atoms with Gasteiger partial charge in [-0.05, 0) is 22.3 Å². The van der Waals surface area contributed by atoms with Gasteiger partial charge >= 0.3 is 0 Å². The summed E-state index contributed by atoms with van der Waals surface area (Å²) in [6.45, 7) is 0. The number of benzene rings is 3. The van der Waals surface area contributed by atoms with Gasteiger partial charge in [0.1, 0.15) is 0 Å². The minimum absolute atomic E-state index is 0.0115. The summed E-state index contributed by atoms with van der Waals surface area (Å²) in [6.07, 6.45) is 1.52. The molecule has 0 saturated heterocycles. The first-order valence-corrected chi connectivity index (χ1v) is 7.10. The topological polar surface area (TPSA) is 23.9 Å². The fourth-order valence-corrected chi connectivity index (χ4v) is 2.67. The molecule has 1 heteroatoms. The smallest absolute Gasteiger partial charge is 0.0442 e. The van der Waals surface area contributed by atoms with Gasteiger partial charge in [0.25, 0.3) is 0 Å². The highest BCUT2D eigenvalue weighted by molar-refractivity contribution is 5.78. The molecule has 0 aliphatic heterocycles. The third-order valence-corrected chi connectivity index (χ3v) is 3.71. The number of hydrogen-bond donors (Lipinski definition) is 1. The summed E-state index contributed by atoms with van der Waals surface area (Å²) < 4.78 is 0. The second-order valence-corrected chi connectivity index (χ2v) is 5.01. The average Bonchev–Trinajstić information content (AvgIpc) is 2.58. The molecule has 0 amide bonds. The molecule has 0 aliphatic carbocycles. The van der Waals surface area contributed by atoms with Gasteiger partial charge in [-0.2, -0.15) is 0 Å². The molecule has 3 aromatic carbocycles. The minimum atomic E-state index is -0.0115. The van der Waals surface area contributed by atoms with Gasteiger partial charge < -0.3 is 5.41 Å². The van der Waals surface area contributed by atoms with Crippen molar-refractivity contribution in [3.05, 3.63) is 96.1 Å². The van der Waals surface area contributed by atoms with E-state index in [0.29, 0.717) is 0 Å². The fraction of sp³-hybridized carbons (Fsp3) is 0.0500. The molecular formula is C20H17N. The molecule has 0 aromatic heterocycles. The third-order valence-electron chi connectivity index (χ3n) is 3.71. The normalized spacial score (nSPS) is 11.8. The monoisotopic (exact) mass is 271 g/mol. The Morgan fingerprint density at radius 1 is 0.667 bits per heavy atom. The molecule has 0 spiro atoms. The maximum absolute atomic E-state index is 7.87. The van der Waals surface area contributed by atoms with Crippen LogP contribution in [0.15, 0.2) is 84.9 Å². The molecule has 102 valence electrons. The molecule has 1 nitrogen and oxygen atoms in total. The predicted octanol–water partition coefficient (Wildman–Crippen LogP) is 5.14. The van der Waals surface area contributed by atoms with Crippen LogP contribution in [0, 0.1) is 5.41 Å². The van der Waals surface area contributed by atoms with Crippen molar-refractivity contribution in [1.82, 2.24) is 0 Å². The van der Waals surface area contributed by atoms with E-state index in [-0.39, 0.29) is 5.92 Å². The van der Waals surface area contributed by atoms with E-state index in [1.54, 1.807) is 0 Å². The van der Waals surface area contributed by atoms with E-state index in [4.69, 9.17) is 5.41 Å². The fourth-order valence-electron chi connectivity index (χ4n) is 2.67. The van der Waals surface area contributed by atoms with Crippen LogP contribution >= 0.6 is 0 Å². The zero-order valence-electron chi connectivity index (χ0n) is 11.7. The molecule has 1 atom stereocenters. The Hall–Kier alpha value is -2.67. The van der Waals surface area contributed by atoms with Crippen molar-refractivity contribution in [2.75, 3.05) is 0 Å². The molecule has 0 aliphatic rings. The van der Waals surface area contributed by atoms with Gasteiger partial charge in [-0.15, -0.1) is 0 Å². The first kappa shape index (κ1) is 13.3. The summed E-state index contributed by atoms with van der Waals surface area (Å²) in [5.41, 5.74) is 4.70. The third kappa shape index (κ3) is 2.77. The first-order chi connectivity index (χ1) is 10.4. The highest BCUT2D eigenvalue weighted by atomic mass is 14.4. The van der Waals surface area contributed by atoms with Crippen LogP contribution in [0.1, 0.15) is 17.0 Å². The predicted molar refractivity (Wildman–Crippen MR) is 88.9 cm³/mol. The SMILES string of the molecule is N=CC(c1ccccc1)c1ccccc1-c1ccccc1. The average molecular weight is 271 g/mol. The second kappa shape index (κ2) is 6.19. The Bertz CT molecular complexity index is 717. The zero-order chi connectivity index (χ0) is 14.5. The van der Waals surface area contributed by atoms with Gasteiger partial charge in [-0.25, -0.2) is 0 Å². The molecule has 0 bridgehead atoms. The van der Waals surface area contributed by atoms with Crippen LogP contribution in [0.25, 0.3) is 11.1 Å². The van der Waals surface area contributed by atoms with Crippen LogP contribution in [-0.4, -0.2) is 6.21 Å². The minimum Gasteiger partial charge on any atom is -0.312 e. The van der Waals surface area contributed by atoms with Crippen molar-refractivity contribution in [2.45, 2.75) is 5.92 Å². The van der Waals surface area contributed by atoms with Crippen LogP contribution in [0.2, 0.25) is 0 Å². The quantitative estimate of drug-likeness (QED) is 0.636. The molecule has 21 heavy (non-hydrogen) atoms. The standard InChI is InChI=1S/C20H17N/c21-15-20(17-11-5-2-6-12-17)19-14-8-7-13-18(19)16-9-3-1-4-10-16/h1-15,20-21H. The molecule has 3 rings (SSSR count). The van der Waals surface area contributed by atoms with Crippen molar-refractivity contribution in [3.63, 3.8) is 0 Å². The molecule has 0 fully saturated rings. The first-order valence-electron chi connectivity index (χ1n) is 7.10. The van der Waals surface area contributed by atoms with E-state index in [1.165, 1.54) is 22.9 Å². The van der Waals surface area contributed by atoms with Gasteiger partial charge in [0.05, 0.1) is 0 Å². The Balaban J connectivity index is 2.12. The molecule has 0 radical (unpaired) electrons. The van der Waals surface area contributed by atoms with Crippen molar-refractivity contribution in [2.24, 2.45) is 0 Å². The lowest BCUT2D eigenvalue weighted by atomic mass is 9.87. The van der Waals surface area contributed by atoms with E-state index < -0.39 is 0 Å². The lowest BCUT2D eigenvalue weighted by Gasteiger charge is -2.17. The summed E-state index contributed by atoms with van der Waals surface area (Å²) in [5.74, 6) is -0.0115. The molecule has 0 saturated carbocycles. The van der Waals surface area contributed by atoms with Crippen LogP contribution in [0.4, 0.5) is 0 Å². The molecule has 0 heterocycles. The number of rotatable bonds is 4. The van der Waals surface area contributed by atoms with Crippen LogP contribution in [0.5, 0.6) is 0 Å². The lowest BCUT2D eigenvalue weighted by molar-refractivity contribution is 1.09. The van der Waals surface area contributed by atoms with E-state index in [0.717, 1.165) is 5.56 Å². The molecule has 1 N–H and O–H groups in total. The lowest BCUT2D eigenvalue weighted by Crippen LogP contribution is -2.03. The van der Waals surface area contributed by atoms with Gasteiger partial charge in [-0.3, -0.25) is 0 Å². The second-order valence-electron chi connectivity index (χ2n) is 5.01. The Morgan fingerprint density at radius 3 is 1.90 bits per heavy atom. The van der Waals surface area contributed by atoms with Gasteiger partial charge in [0.15, 0.2) is 0 Å². The van der Waals surface area contributed by atoms with Gasteiger partial charge in [0, 0.05) is 12.1 Å². The van der Waals surface area contributed by atoms with Gasteiger partial charge in [0.2, 0.25) is 0 Å².